The molecule has 25 heavy (non-hydrogen) atoms. The number of benzene rings is 2. The molecule has 0 bridgehead atoms. The summed E-state index contributed by atoms with van der Waals surface area (Å²) < 4.78 is 11.8. The number of hydrazone groups is 1. The number of hydrogen-bond acceptors (Lipinski definition) is 4. The fraction of sp³-hybridized carbons (Fsp3) is 0.222. The molecular weight excluding hydrogens is 408 g/mol. The first-order valence-electron chi connectivity index (χ1n) is 7.50. The summed E-state index contributed by atoms with van der Waals surface area (Å²) in [6.07, 6.45) is 0.809. The molecule has 0 aliphatic heterocycles. The minimum Gasteiger partial charge on any atom is -0.496 e. The van der Waals surface area contributed by atoms with Gasteiger partial charge < -0.3 is 9.47 Å². The van der Waals surface area contributed by atoms with Crippen LogP contribution in [0.15, 0.2) is 46.0 Å². The van der Waals surface area contributed by atoms with E-state index in [1.165, 1.54) is 6.21 Å². The van der Waals surface area contributed by atoms with Crippen molar-refractivity contribution in [2.75, 3.05) is 7.11 Å². The molecule has 1 N–H and O–H groups in total. The molecule has 1 atom stereocenters. The highest BCUT2D eigenvalue weighted by atomic mass is 79.9. The zero-order chi connectivity index (χ0) is 18.4. The van der Waals surface area contributed by atoms with Gasteiger partial charge in [0.25, 0.3) is 5.91 Å². The second-order valence-electron chi connectivity index (χ2n) is 5.29. The first kappa shape index (κ1) is 19.3. The predicted octanol–water partition coefficient (Wildman–Crippen LogP) is 4.34. The van der Waals surface area contributed by atoms with Crippen molar-refractivity contribution in [3.8, 4) is 11.5 Å². The highest BCUT2D eigenvalue weighted by molar-refractivity contribution is 9.10. The van der Waals surface area contributed by atoms with Crippen molar-refractivity contribution in [1.82, 2.24) is 5.43 Å². The molecule has 5 nitrogen and oxygen atoms in total. The second kappa shape index (κ2) is 8.87. The van der Waals surface area contributed by atoms with Crippen molar-refractivity contribution in [3.63, 3.8) is 0 Å². The van der Waals surface area contributed by atoms with E-state index in [-0.39, 0.29) is 5.91 Å². The SMILES string of the molecule is COc1ccc(Br)cc1/C=N/NC(=O)C(C)Oc1ccc(Cl)cc1C. The Kier molecular flexibility index (Phi) is 6.84. The molecule has 2 aromatic carbocycles. The number of carbonyl (C=O) groups excluding carboxylic acids is 1. The van der Waals surface area contributed by atoms with Gasteiger partial charge in [-0.3, -0.25) is 4.79 Å². The number of aryl methyl sites for hydroxylation is 1. The van der Waals surface area contributed by atoms with Crippen LogP contribution in [-0.4, -0.2) is 25.3 Å². The smallest absolute Gasteiger partial charge is 0.280 e. The molecule has 2 rings (SSSR count). The van der Waals surface area contributed by atoms with Gasteiger partial charge in [0, 0.05) is 15.1 Å². The lowest BCUT2D eigenvalue weighted by Crippen LogP contribution is -2.33. The summed E-state index contributed by atoms with van der Waals surface area (Å²) in [5.41, 5.74) is 4.05. The van der Waals surface area contributed by atoms with Crippen molar-refractivity contribution in [1.29, 1.82) is 0 Å². The molecule has 0 fully saturated rings. The van der Waals surface area contributed by atoms with Crippen LogP contribution >= 0.6 is 27.5 Å². The van der Waals surface area contributed by atoms with E-state index in [4.69, 9.17) is 21.1 Å². The van der Waals surface area contributed by atoms with Gasteiger partial charge >= 0.3 is 0 Å². The summed E-state index contributed by atoms with van der Waals surface area (Å²) in [4.78, 5) is 12.1. The number of amides is 1. The predicted molar refractivity (Wildman–Crippen MR) is 103 cm³/mol. The van der Waals surface area contributed by atoms with E-state index in [2.05, 4.69) is 26.5 Å². The zero-order valence-corrected chi connectivity index (χ0v) is 16.4. The lowest BCUT2D eigenvalue weighted by Gasteiger charge is -2.15. The van der Waals surface area contributed by atoms with Gasteiger partial charge in [0.1, 0.15) is 11.5 Å². The molecule has 132 valence electrons. The van der Waals surface area contributed by atoms with Crippen LogP contribution in [0.1, 0.15) is 18.1 Å². The molecule has 0 heterocycles. The van der Waals surface area contributed by atoms with Crippen LogP contribution in [0.2, 0.25) is 5.02 Å². The average Bonchev–Trinajstić information content (AvgIpc) is 2.57. The fourth-order valence-corrected chi connectivity index (χ4v) is 2.66. The Morgan fingerprint density at radius 1 is 1.28 bits per heavy atom. The average molecular weight is 426 g/mol. The lowest BCUT2D eigenvalue weighted by molar-refractivity contribution is -0.127. The Hall–Kier alpha value is -2.05. The van der Waals surface area contributed by atoms with E-state index in [1.807, 2.05) is 25.1 Å². The maximum absolute atomic E-state index is 12.1. The number of carbonyl (C=O) groups is 1. The van der Waals surface area contributed by atoms with E-state index in [1.54, 1.807) is 32.2 Å². The highest BCUT2D eigenvalue weighted by Gasteiger charge is 2.15. The first-order valence-corrected chi connectivity index (χ1v) is 8.67. The summed E-state index contributed by atoms with van der Waals surface area (Å²) in [7, 11) is 1.57. The topological polar surface area (TPSA) is 59.9 Å². The molecule has 0 aromatic heterocycles. The molecule has 1 amide bonds. The third-order valence-electron chi connectivity index (χ3n) is 3.38. The van der Waals surface area contributed by atoms with Crippen LogP contribution in [-0.2, 0) is 4.79 Å². The third-order valence-corrected chi connectivity index (χ3v) is 4.11. The number of hydrogen-bond donors (Lipinski definition) is 1. The summed E-state index contributed by atoms with van der Waals surface area (Å²) in [5.74, 6) is 0.895. The van der Waals surface area contributed by atoms with Crippen molar-refractivity contribution >= 4 is 39.7 Å². The van der Waals surface area contributed by atoms with E-state index in [0.717, 1.165) is 15.6 Å². The van der Waals surface area contributed by atoms with Crippen LogP contribution in [0.25, 0.3) is 0 Å². The van der Waals surface area contributed by atoms with Gasteiger partial charge in [0.05, 0.1) is 13.3 Å². The summed E-state index contributed by atoms with van der Waals surface area (Å²) in [5, 5.41) is 4.58. The van der Waals surface area contributed by atoms with Gasteiger partial charge in [-0.25, -0.2) is 5.43 Å². The number of rotatable bonds is 6. The number of nitrogens with zero attached hydrogens (tertiary/aromatic N) is 1. The number of methoxy groups -OCH3 is 1. The van der Waals surface area contributed by atoms with Crippen LogP contribution in [0.3, 0.4) is 0 Å². The second-order valence-corrected chi connectivity index (χ2v) is 6.64. The normalized spacial score (nSPS) is 12.0. The molecule has 0 saturated heterocycles. The molecular formula is C18H18BrClN2O3. The fourth-order valence-electron chi connectivity index (χ4n) is 2.05. The maximum atomic E-state index is 12.1. The summed E-state index contributed by atoms with van der Waals surface area (Å²) in [6, 6.07) is 10.7. The standard InChI is InChI=1S/C18H18BrClN2O3/c1-11-8-15(20)5-7-16(11)25-12(2)18(23)22-21-10-13-9-14(19)4-6-17(13)24-3/h4-10,12H,1-3H3,(H,22,23)/b21-10+. The monoisotopic (exact) mass is 424 g/mol. The number of halogens is 2. The van der Waals surface area contributed by atoms with Gasteiger partial charge in [0.15, 0.2) is 6.10 Å². The largest absolute Gasteiger partial charge is 0.496 e. The van der Waals surface area contributed by atoms with Crippen LogP contribution in [0.5, 0.6) is 11.5 Å². The number of ether oxygens (including phenoxy) is 2. The molecule has 1 unspecified atom stereocenters. The molecule has 0 radical (unpaired) electrons. The summed E-state index contributed by atoms with van der Waals surface area (Å²) >= 11 is 9.30. The third kappa shape index (κ3) is 5.47. The molecule has 2 aromatic rings. The Balaban J connectivity index is 1.98. The van der Waals surface area contributed by atoms with E-state index in [0.29, 0.717) is 16.5 Å². The Morgan fingerprint density at radius 2 is 2.00 bits per heavy atom. The van der Waals surface area contributed by atoms with E-state index < -0.39 is 6.10 Å². The van der Waals surface area contributed by atoms with Gasteiger partial charge in [-0.2, -0.15) is 5.10 Å². The minimum atomic E-state index is -0.707. The van der Waals surface area contributed by atoms with Gasteiger partial charge in [-0.1, -0.05) is 27.5 Å². The van der Waals surface area contributed by atoms with E-state index >= 15 is 0 Å². The van der Waals surface area contributed by atoms with Crippen LogP contribution in [0, 0.1) is 6.92 Å². The quantitative estimate of drug-likeness (QED) is 0.553. The molecule has 7 heteroatoms. The number of nitrogens with one attached hydrogen (secondary N) is 1. The molecule has 0 saturated carbocycles. The Morgan fingerprint density at radius 3 is 2.68 bits per heavy atom. The molecule has 0 aliphatic rings. The summed E-state index contributed by atoms with van der Waals surface area (Å²) in [6.45, 7) is 3.52. The molecule has 0 aliphatic carbocycles. The Bertz CT molecular complexity index is 796. The van der Waals surface area contributed by atoms with Gasteiger partial charge in [-0.05, 0) is 55.8 Å². The van der Waals surface area contributed by atoms with E-state index in [9.17, 15) is 4.79 Å². The maximum Gasteiger partial charge on any atom is 0.280 e. The van der Waals surface area contributed by atoms with Crippen molar-refractivity contribution < 1.29 is 14.3 Å². The lowest BCUT2D eigenvalue weighted by atomic mass is 10.2. The van der Waals surface area contributed by atoms with Gasteiger partial charge in [0.2, 0.25) is 0 Å². The first-order chi connectivity index (χ1) is 11.9. The Labute approximate surface area is 160 Å². The van der Waals surface area contributed by atoms with Crippen molar-refractivity contribution in [3.05, 3.63) is 57.0 Å². The van der Waals surface area contributed by atoms with Crippen LogP contribution < -0.4 is 14.9 Å². The van der Waals surface area contributed by atoms with Crippen molar-refractivity contribution in [2.24, 2.45) is 5.10 Å². The van der Waals surface area contributed by atoms with Crippen LogP contribution in [0.4, 0.5) is 0 Å². The zero-order valence-electron chi connectivity index (χ0n) is 14.0. The van der Waals surface area contributed by atoms with Gasteiger partial charge in [-0.15, -0.1) is 0 Å². The minimum absolute atomic E-state index is 0.362. The molecule has 0 spiro atoms. The van der Waals surface area contributed by atoms with Crippen molar-refractivity contribution in [2.45, 2.75) is 20.0 Å². The highest BCUT2D eigenvalue weighted by Crippen LogP contribution is 2.23.